The Kier molecular flexibility index (Phi) is 3.90. The van der Waals surface area contributed by atoms with E-state index in [0.717, 1.165) is 17.0 Å². The standard InChI is InChI=1S/C14H16ClN3O/c1-9-13(10(2)18(3)17-9)14(19)16-8-11-5-4-6-12(15)7-11/h4-7H,8H2,1-3H3,(H,16,19). The Hall–Kier alpha value is -1.81. The highest BCUT2D eigenvalue weighted by molar-refractivity contribution is 6.30. The Labute approximate surface area is 117 Å². The summed E-state index contributed by atoms with van der Waals surface area (Å²) < 4.78 is 1.71. The van der Waals surface area contributed by atoms with Crippen LogP contribution < -0.4 is 5.32 Å². The molecule has 0 unspecified atom stereocenters. The second-order valence-corrected chi connectivity index (χ2v) is 4.92. The minimum Gasteiger partial charge on any atom is -0.348 e. The molecule has 4 nitrogen and oxygen atoms in total. The highest BCUT2D eigenvalue weighted by Gasteiger charge is 2.16. The summed E-state index contributed by atoms with van der Waals surface area (Å²) >= 11 is 5.90. The molecule has 2 aromatic rings. The average Bonchev–Trinajstić information content (AvgIpc) is 2.61. The maximum absolute atomic E-state index is 12.2. The largest absolute Gasteiger partial charge is 0.348 e. The zero-order valence-electron chi connectivity index (χ0n) is 11.2. The van der Waals surface area contributed by atoms with Crippen LogP contribution in [-0.4, -0.2) is 15.7 Å². The molecule has 1 N–H and O–H groups in total. The van der Waals surface area contributed by atoms with E-state index in [1.807, 2.05) is 45.2 Å². The number of carbonyl (C=O) groups excluding carboxylic acids is 1. The molecule has 0 atom stereocenters. The van der Waals surface area contributed by atoms with Crippen LogP contribution >= 0.6 is 11.6 Å². The number of halogens is 1. The van der Waals surface area contributed by atoms with E-state index in [-0.39, 0.29) is 5.91 Å². The fourth-order valence-electron chi connectivity index (χ4n) is 2.02. The van der Waals surface area contributed by atoms with Gasteiger partial charge in [0.25, 0.3) is 5.91 Å². The van der Waals surface area contributed by atoms with Gasteiger partial charge in [-0.3, -0.25) is 9.48 Å². The Morgan fingerprint density at radius 2 is 2.16 bits per heavy atom. The van der Waals surface area contributed by atoms with Crippen LogP contribution in [0.15, 0.2) is 24.3 Å². The smallest absolute Gasteiger partial charge is 0.255 e. The molecule has 2 rings (SSSR count). The number of nitrogens with zero attached hydrogens (tertiary/aromatic N) is 2. The number of rotatable bonds is 3. The topological polar surface area (TPSA) is 46.9 Å². The van der Waals surface area contributed by atoms with Crippen LogP contribution in [0.4, 0.5) is 0 Å². The summed E-state index contributed by atoms with van der Waals surface area (Å²) in [6.45, 7) is 4.17. The van der Waals surface area contributed by atoms with Gasteiger partial charge >= 0.3 is 0 Å². The molecule has 0 bridgehead atoms. The van der Waals surface area contributed by atoms with E-state index < -0.39 is 0 Å². The molecule has 1 aromatic heterocycles. The third-order valence-electron chi connectivity index (χ3n) is 3.08. The van der Waals surface area contributed by atoms with Crippen molar-refractivity contribution in [2.24, 2.45) is 7.05 Å². The number of nitrogens with one attached hydrogen (secondary N) is 1. The summed E-state index contributed by atoms with van der Waals surface area (Å²) in [5, 5.41) is 7.79. The van der Waals surface area contributed by atoms with Crippen LogP contribution in [0.25, 0.3) is 0 Å². The third kappa shape index (κ3) is 2.96. The average molecular weight is 278 g/mol. The first-order valence-electron chi connectivity index (χ1n) is 6.02. The van der Waals surface area contributed by atoms with E-state index in [2.05, 4.69) is 10.4 Å². The monoisotopic (exact) mass is 277 g/mol. The Morgan fingerprint density at radius 1 is 1.42 bits per heavy atom. The number of hydrogen-bond acceptors (Lipinski definition) is 2. The van der Waals surface area contributed by atoms with Gasteiger partial charge in [-0.15, -0.1) is 0 Å². The SMILES string of the molecule is Cc1nn(C)c(C)c1C(=O)NCc1cccc(Cl)c1. The normalized spacial score (nSPS) is 10.5. The molecule has 0 saturated carbocycles. The quantitative estimate of drug-likeness (QED) is 0.937. The van der Waals surface area contributed by atoms with Gasteiger partial charge in [-0.1, -0.05) is 23.7 Å². The first-order valence-corrected chi connectivity index (χ1v) is 6.39. The minimum absolute atomic E-state index is 0.108. The highest BCUT2D eigenvalue weighted by Crippen LogP contribution is 2.13. The number of carbonyl (C=O) groups is 1. The molecule has 0 aliphatic rings. The van der Waals surface area contributed by atoms with Crippen LogP contribution in [0.5, 0.6) is 0 Å². The molecule has 0 fully saturated rings. The Morgan fingerprint density at radius 3 is 2.74 bits per heavy atom. The first kappa shape index (κ1) is 13.6. The maximum atomic E-state index is 12.2. The Balaban J connectivity index is 2.10. The summed E-state index contributed by atoms with van der Waals surface area (Å²) in [4.78, 5) is 12.2. The van der Waals surface area contributed by atoms with Crippen LogP contribution in [0, 0.1) is 13.8 Å². The molecule has 5 heteroatoms. The summed E-state index contributed by atoms with van der Waals surface area (Å²) in [7, 11) is 1.83. The number of aryl methyl sites for hydroxylation is 2. The number of aromatic nitrogens is 2. The van der Waals surface area contributed by atoms with Crippen molar-refractivity contribution >= 4 is 17.5 Å². The van der Waals surface area contributed by atoms with E-state index in [1.54, 1.807) is 4.68 Å². The third-order valence-corrected chi connectivity index (χ3v) is 3.31. The lowest BCUT2D eigenvalue weighted by Gasteiger charge is -2.06. The molecular formula is C14H16ClN3O. The van der Waals surface area contributed by atoms with E-state index in [1.165, 1.54) is 0 Å². The van der Waals surface area contributed by atoms with Crippen molar-refractivity contribution in [1.82, 2.24) is 15.1 Å². The maximum Gasteiger partial charge on any atom is 0.255 e. The molecule has 19 heavy (non-hydrogen) atoms. The molecule has 100 valence electrons. The fraction of sp³-hybridized carbons (Fsp3) is 0.286. The number of benzene rings is 1. The van der Waals surface area contributed by atoms with Gasteiger partial charge < -0.3 is 5.32 Å². The van der Waals surface area contributed by atoms with Gasteiger partial charge in [-0.05, 0) is 31.5 Å². The summed E-state index contributed by atoms with van der Waals surface area (Å²) in [6.07, 6.45) is 0. The minimum atomic E-state index is -0.108. The summed E-state index contributed by atoms with van der Waals surface area (Å²) in [6, 6.07) is 7.44. The number of amides is 1. The van der Waals surface area contributed by atoms with E-state index in [9.17, 15) is 4.79 Å². The van der Waals surface area contributed by atoms with E-state index >= 15 is 0 Å². The lowest BCUT2D eigenvalue weighted by atomic mass is 10.1. The first-order chi connectivity index (χ1) is 8.99. The lowest BCUT2D eigenvalue weighted by Crippen LogP contribution is -2.24. The predicted octanol–water partition coefficient (Wildman–Crippen LogP) is 2.62. The molecule has 0 radical (unpaired) electrons. The van der Waals surface area contributed by atoms with Crippen LogP contribution in [-0.2, 0) is 13.6 Å². The predicted molar refractivity (Wildman–Crippen MR) is 75.3 cm³/mol. The van der Waals surface area contributed by atoms with Crippen LogP contribution in [0.1, 0.15) is 27.3 Å². The van der Waals surface area contributed by atoms with Crippen molar-refractivity contribution in [3.8, 4) is 0 Å². The van der Waals surface area contributed by atoms with Crippen molar-refractivity contribution in [1.29, 1.82) is 0 Å². The molecule has 0 aliphatic carbocycles. The van der Waals surface area contributed by atoms with Crippen molar-refractivity contribution in [2.45, 2.75) is 20.4 Å². The summed E-state index contributed by atoms with van der Waals surface area (Å²) in [5.41, 5.74) is 3.22. The van der Waals surface area contributed by atoms with Gasteiger partial charge in [0.15, 0.2) is 0 Å². The second-order valence-electron chi connectivity index (χ2n) is 4.48. The van der Waals surface area contributed by atoms with Gasteiger partial charge in [0.2, 0.25) is 0 Å². The molecule has 1 heterocycles. The lowest BCUT2D eigenvalue weighted by molar-refractivity contribution is 0.0949. The fourth-order valence-corrected chi connectivity index (χ4v) is 2.23. The van der Waals surface area contributed by atoms with Crippen molar-refractivity contribution in [3.05, 3.63) is 51.8 Å². The molecule has 0 spiro atoms. The molecule has 1 aromatic carbocycles. The van der Waals surface area contributed by atoms with E-state index in [4.69, 9.17) is 11.6 Å². The van der Waals surface area contributed by atoms with Gasteiger partial charge in [-0.25, -0.2) is 0 Å². The van der Waals surface area contributed by atoms with Crippen LogP contribution in [0.3, 0.4) is 0 Å². The zero-order valence-corrected chi connectivity index (χ0v) is 12.0. The molecule has 1 amide bonds. The van der Waals surface area contributed by atoms with E-state index in [0.29, 0.717) is 17.1 Å². The van der Waals surface area contributed by atoms with Crippen molar-refractivity contribution in [3.63, 3.8) is 0 Å². The van der Waals surface area contributed by atoms with Crippen LogP contribution in [0.2, 0.25) is 5.02 Å². The van der Waals surface area contributed by atoms with Crippen molar-refractivity contribution < 1.29 is 4.79 Å². The van der Waals surface area contributed by atoms with Gasteiger partial charge in [0.1, 0.15) is 0 Å². The summed E-state index contributed by atoms with van der Waals surface area (Å²) in [5.74, 6) is -0.108. The van der Waals surface area contributed by atoms with Gasteiger partial charge in [-0.2, -0.15) is 5.10 Å². The Bertz CT molecular complexity index is 619. The molecular weight excluding hydrogens is 262 g/mol. The zero-order chi connectivity index (χ0) is 14.0. The van der Waals surface area contributed by atoms with Gasteiger partial charge in [0, 0.05) is 24.3 Å². The highest BCUT2D eigenvalue weighted by atomic mass is 35.5. The second kappa shape index (κ2) is 5.45. The number of hydrogen-bond donors (Lipinski definition) is 1. The van der Waals surface area contributed by atoms with Gasteiger partial charge in [0.05, 0.1) is 11.3 Å². The molecule has 0 saturated heterocycles. The van der Waals surface area contributed by atoms with Crippen molar-refractivity contribution in [2.75, 3.05) is 0 Å². The molecule has 0 aliphatic heterocycles.